The van der Waals surface area contributed by atoms with E-state index in [1.54, 1.807) is 84.9 Å². The fourth-order valence-electron chi connectivity index (χ4n) is 6.63. The predicted octanol–water partition coefficient (Wildman–Crippen LogP) is 6.23. The number of allylic oxidation sites excluding steroid dienone is 1. The van der Waals surface area contributed by atoms with Crippen molar-refractivity contribution in [3.63, 3.8) is 0 Å². The van der Waals surface area contributed by atoms with Gasteiger partial charge in [0.2, 0.25) is 0 Å². The maximum atomic E-state index is 14.4. The van der Waals surface area contributed by atoms with E-state index in [9.17, 15) is 24.3 Å². The highest BCUT2D eigenvalue weighted by Gasteiger charge is 2.71. The Morgan fingerprint density at radius 3 is 1.69 bits per heavy atom. The number of fused-ring (bicyclic) bond motifs is 2. The largest absolute Gasteiger partial charge is 0.378 e. The van der Waals surface area contributed by atoms with E-state index >= 15 is 0 Å². The molecular weight excluding hydrogens is 488 g/mol. The second-order valence-electron chi connectivity index (χ2n) is 10.5. The number of unbranched alkanes of at least 4 members (excludes halogenated alkanes) is 3. The number of ketones is 4. The molecule has 6 rings (SSSR count). The molecule has 3 aromatic carbocycles. The minimum Gasteiger partial charge on any atom is -0.378 e. The fraction of sp³-hybridized carbons (Fsp3) is 0.235. The lowest BCUT2D eigenvalue weighted by molar-refractivity contribution is -0.00503. The molecule has 0 saturated carbocycles. The average Bonchev–Trinajstić information content (AvgIpc) is 3.48. The molecule has 0 bridgehead atoms. The summed E-state index contributed by atoms with van der Waals surface area (Å²) in [7, 11) is 0. The summed E-state index contributed by atoms with van der Waals surface area (Å²) in [5.41, 5.74) is -2.65. The van der Waals surface area contributed by atoms with Gasteiger partial charge >= 0.3 is 0 Å². The van der Waals surface area contributed by atoms with Crippen LogP contribution in [0.15, 0.2) is 102 Å². The summed E-state index contributed by atoms with van der Waals surface area (Å²) in [4.78, 5) is 56.3. The van der Waals surface area contributed by atoms with Gasteiger partial charge in [0.1, 0.15) is 5.60 Å². The smallest absolute Gasteiger partial charge is 0.198 e. The van der Waals surface area contributed by atoms with Gasteiger partial charge in [0.15, 0.2) is 28.5 Å². The van der Waals surface area contributed by atoms with Crippen LogP contribution in [0.5, 0.6) is 0 Å². The topological polar surface area (TPSA) is 88.5 Å². The Kier molecular flexibility index (Phi) is 5.92. The quantitative estimate of drug-likeness (QED) is 0.182. The van der Waals surface area contributed by atoms with E-state index in [0.29, 0.717) is 24.0 Å². The number of rotatable bonds is 6. The van der Waals surface area contributed by atoms with Crippen LogP contribution >= 0.6 is 0 Å². The highest BCUT2D eigenvalue weighted by molar-refractivity contribution is 6.41. The first-order valence-corrected chi connectivity index (χ1v) is 13.5. The molecule has 194 valence electrons. The van der Waals surface area contributed by atoms with Crippen molar-refractivity contribution in [2.24, 2.45) is 5.41 Å². The van der Waals surface area contributed by atoms with Crippen molar-refractivity contribution < 1.29 is 24.3 Å². The van der Waals surface area contributed by atoms with Gasteiger partial charge in [-0.15, -0.1) is 0 Å². The Morgan fingerprint density at radius 2 is 1.15 bits per heavy atom. The lowest BCUT2D eigenvalue weighted by Crippen LogP contribution is -2.52. The van der Waals surface area contributed by atoms with Crippen molar-refractivity contribution in [2.45, 2.75) is 44.6 Å². The molecule has 0 unspecified atom stereocenters. The summed E-state index contributed by atoms with van der Waals surface area (Å²) in [6.45, 7) is 2.10. The van der Waals surface area contributed by atoms with Crippen molar-refractivity contribution in [3.05, 3.63) is 129 Å². The van der Waals surface area contributed by atoms with E-state index < -0.39 is 34.1 Å². The van der Waals surface area contributed by atoms with E-state index in [1.807, 2.05) is 0 Å². The van der Waals surface area contributed by atoms with E-state index in [2.05, 4.69) is 6.92 Å². The Balaban J connectivity index is 1.67. The van der Waals surface area contributed by atoms with Gasteiger partial charge in [0, 0.05) is 27.8 Å². The molecule has 1 atom stereocenters. The monoisotopic (exact) mass is 516 g/mol. The summed E-state index contributed by atoms with van der Waals surface area (Å²) in [5.74, 6) is -2.01. The molecule has 3 aliphatic carbocycles. The maximum Gasteiger partial charge on any atom is 0.198 e. The SMILES string of the molecule is CCCCCCC1=CC(=C2C(=O)c3ccccc3C2=O)[C@@](O)(c2ccccc2)C12C(=O)c1ccccc1C2=O. The van der Waals surface area contributed by atoms with Crippen molar-refractivity contribution in [1.29, 1.82) is 0 Å². The minimum atomic E-state index is -2.25. The number of aliphatic hydroxyl groups is 1. The van der Waals surface area contributed by atoms with Crippen LogP contribution in [0, 0.1) is 5.41 Å². The van der Waals surface area contributed by atoms with Crippen LogP contribution in [-0.4, -0.2) is 28.2 Å². The van der Waals surface area contributed by atoms with Gasteiger partial charge in [-0.3, -0.25) is 19.2 Å². The maximum absolute atomic E-state index is 14.4. The summed E-state index contributed by atoms with van der Waals surface area (Å²) in [6.07, 6.45) is 5.58. The average molecular weight is 517 g/mol. The van der Waals surface area contributed by atoms with Crippen LogP contribution in [0.2, 0.25) is 0 Å². The van der Waals surface area contributed by atoms with Crippen LogP contribution in [0.25, 0.3) is 0 Å². The summed E-state index contributed by atoms with van der Waals surface area (Å²) >= 11 is 0. The molecular formula is C34H28O5. The number of benzene rings is 3. The van der Waals surface area contributed by atoms with Gasteiger partial charge in [0.25, 0.3) is 0 Å². The van der Waals surface area contributed by atoms with Crippen LogP contribution < -0.4 is 0 Å². The molecule has 39 heavy (non-hydrogen) atoms. The van der Waals surface area contributed by atoms with Gasteiger partial charge in [-0.2, -0.15) is 0 Å². The Hall–Kier alpha value is -4.22. The van der Waals surface area contributed by atoms with Gasteiger partial charge < -0.3 is 5.11 Å². The molecule has 1 spiro atoms. The zero-order chi connectivity index (χ0) is 27.4. The van der Waals surface area contributed by atoms with E-state index in [4.69, 9.17) is 0 Å². The normalized spacial score (nSPS) is 21.1. The summed E-state index contributed by atoms with van der Waals surface area (Å²) in [6, 6.07) is 21.7. The first-order chi connectivity index (χ1) is 18.9. The van der Waals surface area contributed by atoms with Crippen LogP contribution in [0.4, 0.5) is 0 Å². The van der Waals surface area contributed by atoms with Crippen molar-refractivity contribution >= 4 is 23.1 Å². The van der Waals surface area contributed by atoms with Gasteiger partial charge in [0.05, 0.1) is 5.57 Å². The number of hydrogen-bond acceptors (Lipinski definition) is 5. The number of carbonyl (C=O) groups is 4. The lowest BCUT2D eigenvalue weighted by Gasteiger charge is -2.40. The number of Topliss-reactive ketones (excluding diaryl/α,β-unsaturated/α-hetero) is 4. The Morgan fingerprint density at radius 1 is 0.641 bits per heavy atom. The van der Waals surface area contributed by atoms with Gasteiger partial charge in [-0.25, -0.2) is 0 Å². The Labute approximate surface area is 226 Å². The molecule has 3 aromatic rings. The third-order valence-electron chi connectivity index (χ3n) is 8.46. The molecule has 5 heteroatoms. The Bertz CT molecular complexity index is 1550. The van der Waals surface area contributed by atoms with Crippen molar-refractivity contribution in [3.8, 4) is 0 Å². The van der Waals surface area contributed by atoms with Gasteiger partial charge in [-0.1, -0.05) is 111 Å². The third kappa shape index (κ3) is 3.23. The highest BCUT2D eigenvalue weighted by Crippen LogP contribution is 2.63. The highest BCUT2D eigenvalue weighted by atomic mass is 16.3. The first-order valence-electron chi connectivity index (χ1n) is 13.5. The zero-order valence-corrected chi connectivity index (χ0v) is 21.7. The van der Waals surface area contributed by atoms with Crippen LogP contribution in [-0.2, 0) is 5.60 Å². The van der Waals surface area contributed by atoms with E-state index in [-0.39, 0.29) is 33.4 Å². The molecule has 0 fully saturated rings. The zero-order valence-electron chi connectivity index (χ0n) is 21.7. The predicted molar refractivity (Wildman–Crippen MR) is 147 cm³/mol. The third-order valence-corrected chi connectivity index (χ3v) is 8.46. The first kappa shape index (κ1) is 25.1. The molecule has 0 radical (unpaired) electrons. The number of carbonyl (C=O) groups excluding carboxylic acids is 4. The second kappa shape index (κ2) is 9.21. The van der Waals surface area contributed by atoms with Gasteiger partial charge in [-0.05, 0) is 24.0 Å². The second-order valence-corrected chi connectivity index (χ2v) is 10.5. The van der Waals surface area contributed by atoms with Crippen molar-refractivity contribution in [2.75, 3.05) is 0 Å². The molecule has 0 amide bonds. The summed E-state index contributed by atoms with van der Waals surface area (Å²) < 4.78 is 0. The molecule has 5 nitrogen and oxygen atoms in total. The molecule has 0 heterocycles. The standard InChI is InChI=1S/C34H28O5/c1-2-3-4-6-15-22-20-27(28-29(35)23-16-9-10-17-24(23)30(28)36)34(39,21-13-7-5-8-14-21)33(22)31(37)25-18-11-12-19-26(25)32(33)38/h5,7-14,16-20,39H,2-4,6,15H2,1H3/t34-/m0/s1. The molecule has 0 aliphatic heterocycles. The van der Waals surface area contributed by atoms with E-state index in [1.165, 1.54) is 0 Å². The lowest BCUT2D eigenvalue weighted by atomic mass is 9.61. The van der Waals surface area contributed by atoms with Crippen LogP contribution in [0.3, 0.4) is 0 Å². The fourth-order valence-corrected chi connectivity index (χ4v) is 6.63. The van der Waals surface area contributed by atoms with Crippen LogP contribution in [0.1, 0.15) is 86.0 Å². The molecule has 3 aliphatic rings. The molecule has 0 aromatic heterocycles. The number of hydrogen-bond donors (Lipinski definition) is 1. The van der Waals surface area contributed by atoms with Crippen molar-refractivity contribution in [1.82, 2.24) is 0 Å². The minimum absolute atomic E-state index is 0.0277. The molecule has 0 saturated heterocycles. The van der Waals surface area contributed by atoms with E-state index in [0.717, 1.165) is 19.3 Å². The molecule has 1 N–H and O–H groups in total. The summed E-state index contributed by atoms with van der Waals surface area (Å²) in [5, 5.41) is 13.0.